The van der Waals surface area contributed by atoms with Crippen LogP contribution in [0.5, 0.6) is 5.75 Å². The van der Waals surface area contributed by atoms with Gasteiger partial charge in [0.25, 0.3) is 5.91 Å². The average molecular weight is 587 g/mol. The van der Waals surface area contributed by atoms with Gasteiger partial charge in [-0.15, -0.1) is 0 Å². The van der Waals surface area contributed by atoms with Gasteiger partial charge in [0.2, 0.25) is 0 Å². The summed E-state index contributed by atoms with van der Waals surface area (Å²) in [7, 11) is 0. The maximum absolute atomic E-state index is 15.0. The Morgan fingerprint density at radius 2 is 1.95 bits per heavy atom. The van der Waals surface area contributed by atoms with Crippen LogP contribution in [-0.4, -0.2) is 78.0 Å². The summed E-state index contributed by atoms with van der Waals surface area (Å²) in [5.41, 5.74) is 6.99. The Morgan fingerprint density at radius 1 is 1.20 bits per heavy atom. The van der Waals surface area contributed by atoms with Gasteiger partial charge in [-0.3, -0.25) is 9.69 Å². The van der Waals surface area contributed by atoms with E-state index in [-0.39, 0.29) is 36.1 Å². The molecule has 2 aromatic carbocycles. The van der Waals surface area contributed by atoms with Crippen molar-refractivity contribution in [3.63, 3.8) is 0 Å². The molecule has 216 valence electrons. The van der Waals surface area contributed by atoms with Crippen LogP contribution < -0.4 is 21.1 Å². The Labute approximate surface area is 239 Å². The van der Waals surface area contributed by atoms with Gasteiger partial charge < -0.3 is 30.6 Å². The van der Waals surface area contributed by atoms with Crippen LogP contribution in [0.4, 0.5) is 26.0 Å². The van der Waals surface area contributed by atoms with E-state index in [9.17, 15) is 13.6 Å². The first-order chi connectivity index (χ1) is 19.8. The van der Waals surface area contributed by atoms with Crippen LogP contribution >= 0.6 is 11.6 Å². The van der Waals surface area contributed by atoms with E-state index in [2.05, 4.69) is 20.6 Å². The topological polar surface area (TPSA) is 124 Å². The zero-order valence-electron chi connectivity index (χ0n) is 22.0. The Morgan fingerprint density at radius 3 is 2.66 bits per heavy atom. The molecule has 3 heterocycles. The fourth-order valence-corrected chi connectivity index (χ4v) is 4.99. The lowest BCUT2D eigenvalue weighted by molar-refractivity contribution is -0.116. The molecule has 2 aliphatic heterocycles. The SMILES string of the molecule is NC1(COc2cc3ncnc(Nc4ccc(F)c(Cl)c4)c3cc2NC(=O)C(F)=CCN2CC3OCCOC3C2)CC1. The molecule has 13 heteroatoms. The number of hydrogen-bond donors (Lipinski definition) is 3. The highest BCUT2D eigenvalue weighted by Crippen LogP contribution is 2.37. The van der Waals surface area contributed by atoms with Gasteiger partial charge in [-0.25, -0.2) is 18.7 Å². The lowest BCUT2D eigenvalue weighted by Crippen LogP contribution is -2.36. The molecule has 2 unspecified atom stereocenters. The maximum Gasteiger partial charge on any atom is 0.284 e. The van der Waals surface area contributed by atoms with Crippen molar-refractivity contribution in [1.29, 1.82) is 0 Å². The average Bonchev–Trinajstić information content (AvgIpc) is 3.55. The largest absolute Gasteiger partial charge is 0.489 e. The standard InChI is InChI=1S/C28H29ClF2N6O4/c29-18-9-16(1-2-19(18)30)35-26-17-10-22(23(11-21(17)33-15-34-26)41-14-28(32)4-5-28)36-27(38)20(31)3-6-37-12-24-25(13-37)40-8-7-39-24/h1-3,9-11,15,24-25H,4-8,12-14,32H2,(H,36,38)(H,33,34,35). The summed E-state index contributed by atoms with van der Waals surface area (Å²) in [6.45, 7) is 2.76. The minimum absolute atomic E-state index is 0.0420. The normalized spacial score (nSPS) is 21.9. The van der Waals surface area contributed by atoms with E-state index >= 15 is 0 Å². The van der Waals surface area contributed by atoms with Gasteiger partial charge in [0, 0.05) is 36.8 Å². The predicted octanol–water partition coefficient (Wildman–Crippen LogP) is 3.93. The number of halogens is 3. The Hall–Kier alpha value is -3.42. The van der Waals surface area contributed by atoms with Crippen LogP contribution in [0.3, 0.4) is 0 Å². The molecule has 1 saturated carbocycles. The molecule has 2 atom stereocenters. The number of likely N-dealkylation sites (tertiary alicyclic amines) is 1. The first kappa shape index (κ1) is 27.7. The van der Waals surface area contributed by atoms with Crippen molar-refractivity contribution in [2.45, 2.75) is 30.6 Å². The molecule has 41 heavy (non-hydrogen) atoms. The number of nitrogens with one attached hydrogen (secondary N) is 2. The summed E-state index contributed by atoms with van der Waals surface area (Å²) in [5.74, 6) is -1.75. The molecule has 0 bridgehead atoms. The number of carbonyl (C=O) groups is 1. The molecule has 3 aliphatic rings. The Kier molecular flexibility index (Phi) is 7.75. The summed E-state index contributed by atoms with van der Waals surface area (Å²) < 4.78 is 46.0. The zero-order valence-corrected chi connectivity index (χ0v) is 22.8. The van der Waals surface area contributed by atoms with E-state index in [1.165, 1.54) is 30.6 Å². The quantitative estimate of drug-likeness (QED) is 0.320. The van der Waals surface area contributed by atoms with Crippen molar-refractivity contribution in [2.75, 3.05) is 50.1 Å². The number of amides is 1. The lowest BCUT2D eigenvalue weighted by atomic mass is 10.1. The molecule has 6 rings (SSSR count). The number of benzene rings is 2. The Balaban J connectivity index is 1.23. The first-order valence-electron chi connectivity index (χ1n) is 13.3. The molecule has 1 amide bonds. The Bertz CT molecular complexity index is 1490. The highest BCUT2D eigenvalue weighted by Gasteiger charge is 2.39. The van der Waals surface area contributed by atoms with Crippen molar-refractivity contribution >= 4 is 45.6 Å². The second-order valence-corrected chi connectivity index (χ2v) is 10.9. The van der Waals surface area contributed by atoms with Crippen molar-refractivity contribution in [1.82, 2.24) is 14.9 Å². The van der Waals surface area contributed by atoms with Crippen molar-refractivity contribution < 1.29 is 27.8 Å². The van der Waals surface area contributed by atoms with E-state index in [4.69, 9.17) is 31.5 Å². The van der Waals surface area contributed by atoms with E-state index in [0.29, 0.717) is 54.5 Å². The number of nitrogens with two attached hydrogens (primary N) is 1. The number of aromatic nitrogens is 2. The molecule has 2 saturated heterocycles. The van der Waals surface area contributed by atoms with Gasteiger partial charge in [0.1, 0.15) is 30.3 Å². The second kappa shape index (κ2) is 11.5. The first-order valence-corrected chi connectivity index (χ1v) is 13.7. The van der Waals surface area contributed by atoms with Crippen LogP contribution in [0.1, 0.15) is 12.8 Å². The van der Waals surface area contributed by atoms with Crippen LogP contribution in [-0.2, 0) is 14.3 Å². The zero-order chi connectivity index (χ0) is 28.6. The van der Waals surface area contributed by atoms with Crippen molar-refractivity contribution in [2.24, 2.45) is 5.73 Å². The number of nitrogens with zero attached hydrogens (tertiary/aromatic N) is 3. The maximum atomic E-state index is 15.0. The fourth-order valence-electron chi connectivity index (χ4n) is 4.81. The van der Waals surface area contributed by atoms with Gasteiger partial charge in [0.15, 0.2) is 5.83 Å². The third kappa shape index (κ3) is 6.41. The molecule has 3 fully saturated rings. The number of fused-ring (bicyclic) bond motifs is 2. The summed E-state index contributed by atoms with van der Waals surface area (Å²) in [4.78, 5) is 23.5. The summed E-state index contributed by atoms with van der Waals surface area (Å²) in [5, 5.41) is 6.17. The van der Waals surface area contributed by atoms with Crippen LogP contribution in [0.2, 0.25) is 5.02 Å². The van der Waals surface area contributed by atoms with E-state index in [1.807, 2.05) is 4.90 Å². The smallest absolute Gasteiger partial charge is 0.284 e. The monoisotopic (exact) mass is 586 g/mol. The third-order valence-electron chi connectivity index (χ3n) is 7.36. The lowest BCUT2D eigenvalue weighted by Gasteiger charge is -2.24. The molecule has 1 aliphatic carbocycles. The van der Waals surface area contributed by atoms with Gasteiger partial charge in [-0.2, -0.15) is 0 Å². The number of hydrogen-bond acceptors (Lipinski definition) is 9. The fraction of sp³-hybridized carbons (Fsp3) is 0.393. The molecule has 0 radical (unpaired) electrons. The summed E-state index contributed by atoms with van der Waals surface area (Å²) in [6.07, 6.45) is 4.16. The molecule has 4 N–H and O–H groups in total. The van der Waals surface area contributed by atoms with Gasteiger partial charge >= 0.3 is 0 Å². The van der Waals surface area contributed by atoms with E-state index in [1.54, 1.807) is 12.1 Å². The van der Waals surface area contributed by atoms with Gasteiger partial charge in [-0.05, 0) is 43.2 Å². The van der Waals surface area contributed by atoms with Crippen molar-refractivity contribution in [3.8, 4) is 5.75 Å². The minimum atomic E-state index is -0.936. The van der Waals surface area contributed by atoms with Crippen LogP contribution in [0, 0.1) is 5.82 Å². The van der Waals surface area contributed by atoms with Crippen LogP contribution in [0.15, 0.2) is 48.6 Å². The number of carbonyl (C=O) groups excluding carboxylic acids is 1. The third-order valence-corrected chi connectivity index (χ3v) is 7.65. The second-order valence-electron chi connectivity index (χ2n) is 10.5. The molecular formula is C28H29ClF2N6O4. The molecule has 0 spiro atoms. The molecule has 1 aromatic heterocycles. The van der Waals surface area contributed by atoms with Crippen LogP contribution in [0.25, 0.3) is 10.9 Å². The molecule has 10 nitrogen and oxygen atoms in total. The van der Waals surface area contributed by atoms with E-state index < -0.39 is 23.1 Å². The highest BCUT2D eigenvalue weighted by atomic mass is 35.5. The minimum Gasteiger partial charge on any atom is -0.489 e. The molecular weight excluding hydrogens is 558 g/mol. The summed E-state index contributed by atoms with van der Waals surface area (Å²) in [6, 6.07) is 7.40. The summed E-state index contributed by atoms with van der Waals surface area (Å²) >= 11 is 5.93. The molecule has 3 aromatic rings. The number of anilines is 3. The number of ether oxygens (including phenoxy) is 3. The van der Waals surface area contributed by atoms with E-state index in [0.717, 1.165) is 12.8 Å². The number of rotatable bonds is 9. The van der Waals surface area contributed by atoms with Crippen molar-refractivity contribution in [3.05, 3.63) is 59.4 Å². The predicted molar refractivity (Wildman–Crippen MR) is 150 cm³/mol. The van der Waals surface area contributed by atoms with Gasteiger partial charge in [-0.1, -0.05) is 11.6 Å². The highest BCUT2D eigenvalue weighted by molar-refractivity contribution is 6.31. The van der Waals surface area contributed by atoms with Gasteiger partial charge in [0.05, 0.1) is 47.2 Å².